The number of nitrogens with zero attached hydrogens (tertiary/aromatic N) is 2. The second-order valence-electron chi connectivity index (χ2n) is 3.30. The summed E-state index contributed by atoms with van der Waals surface area (Å²) >= 11 is 9.16. The molecule has 86 valence electrons. The first-order valence-corrected chi connectivity index (χ1v) is 6.87. The van der Waals surface area contributed by atoms with Crippen molar-refractivity contribution in [2.75, 3.05) is 6.54 Å². The smallest absolute Gasteiger partial charge is 0.168 e. The van der Waals surface area contributed by atoms with E-state index in [4.69, 9.17) is 17.3 Å². The molecule has 16 heavy (non-hydrogen) atoms. The second kappa shape index (κ2) is 5.23. The molecule has 2 heterocycles. The van der Waals surface area contributed by atoms with Crippen LogP contribution in [0.5, 0.6) is 0 Å². The lowest BCUT2D eigenvalue weighted by Crippen LogP contribution is -2.08. The van der Waals surface area contributed by atoms with Crippen LogP contribution in [0.1, 0.15) is 10.1 Å². The van der Waals surface area contributed by atoms with Gasteiger partial charge in [-0.05, 0) is 12.1 Å². The molecule has 0 aliphatic heterocycles. The number of nitrogens with two attached hydrogens (primary N) is 1. The molecule has 3 nitrogen and oxygen atoms in total. The summed E-state index contributed by atoms with van der Waals surface area (Å²) in [6.45, 7) is 0.578. The summed E-state index contributed by atoms with van der Waals surface area (Å²) < 4.78 is 2.79. The number of thiophene rings is 1. The fourth-order valence-corrected chi connectivity index (χ4v) is 3.55. The van der Waals surface area contributed by atoms with Crippen LogP contribution < -0.4 is 5.73 Å². The fourth-order valence-electron chi connectivity index (χ4n) is 1.32. The van der Waals surface area contributed by atoms with E-state index in [1.807, 2.05) is 29.9 Å². The molecule has 0 aliphatic rings. The molecule has 1 atom stereocenters. The Morgan fingerprint density at radius 1 is 1.62 bits per heavy atom. The summed E-state index contributed by atoms with van der Waals surface area (Å²) in [6, 6.07) is 3.93. The van der Waals surface area contributed by atoms with Crippen molar-refractivity contribution in [1.82, 2.24) is 9.55 Å². The van der Waals surface area contributed by atoms with Gasteiger partial charge in [-0.2, -0.15) is 0 Å². The number of hydrogen-bond donors (Lipinski definition) is 1. The van der Waals surface area contributed by atoms with Gasteiger partial charge in [0, 0.05) is 30.9 Å². The summed E-state index contributed by atoms with van der Waals surface area (Å²) in [4.78, 5) is 5.47. The molecule has 0 spiro atoms. The molecule has 0 saturated carbocycles. The van der Waals surface area contributed by atoms with E-state index in [0.29, 0.717) is 6.54 Å². The highest BCUT2D eigenvalue weighted by molar-refractivity contribution is 7.99. The lowest BCUT2D eigenvalue weighted by molar-refractivity contribution is 0.784. The standard InChI is InChI=1S/C10H12ClN3S2/c1-14-5-4-13-10(14)16-8(6-12)7-2-3-9(11)15-7/h2-5,8H,6,12H2,1H3. The van der Waals surface area contributed by atoms with Gasteiger partial charge in [-0.3, -0.25) is 0 Å². The van der Waals surface area contributed by atoms with Gasteiger partial charge in [0.25, 0.3) is 0 Å². The molecular formula is C10H12ClN3S2. The third-order valence-corrected chi connectivity index (χ3v) is 4.98. The second-order valence-corrected chi connectivity index (χ2v) is 6.22. The number of hydrogen-bond acceptors (Lipinski definition) is 4. The molecule has 0 aliphatic carbocycles. The van der Waals surface area contributed by atoms with Crippen molar-refractivity contribution >= 4 is 34.7 Å². The predicted molar refractivity (Wildman–Crippen MR) is 70.2 cm³/mol. The lowest BCUT2D eigenvalue weighted by atomic mass is 10.3. The van der Waals surface area contributed by atoms with Crippen molar-refractivity contribution in [2.45, 2.75) is 10.4 Å². The molecule has 0 fully saturated rings. The van der Waals surface area contributed by atoms with E-state index in [-0.39, 0.29) is 5.25 Å². The number of rotatable bonds is 4. The topological polar surface area (TPSA) is 43.8 Å². The van der Waals surface area contributed by atoms with Crippen LogP contribution in [0.2, 0.25) is 4.34 Å². The number of aromatic nitrogens is 2. The highest BCUT2D eigenvalue weighted by Crippen LogP contribution is 2.37. The molecule has 6 heteroatoms. The van der Waals surface area contributed by atoms with Gasteiger partial charge >= 0.3 is 0 Å². The number of imidazole rings is 1. The number of thioether (sulfide) groups is 1. The maximum atomic E-state index is 5.92. The Labute approximate surface area is 108 Å². The maximum absolute atomic E-state index is 5.92. The predicted octanol–water partition coefficient (Wildman–Crippen LogP) is 2.93. The third kappa shape index (κ3) is 2.60. The van der Waals surface area contributed by atoms with Gasteiger partial charge in [0.05, 0.1) is 9.59 Å². The van der Waals surface area contributed by atoms with Gasteiger partial charge in [-0.15, -0.1) is 11.3 Å². The van der Waals surface area contributed by atoms with E-state index in [1.54, 1.807) is 29.3 Å². The molecular weight excluding hydrogens is 262 g/mol. The van der Waals surface area contributed by atoms with E-state index in [2.05, 4.69) is 4.98 Å². The van der Waals surface area contributed by atoms with Gasteiger partial charge in [0.2, 0.25) is 0 Å². The molecule has 0 aromatic carbocycles. The molecule has 2 aromatic heterocycles. The molecule has 0 radical (unpaired) electrons. The average molecular weight is 274 g/mol. The summed E-state index contributed by atoms with van der Waals surface area (Å²) in [5.74, 6) is 0. The monoisotopic (exact) mass is 273 g/mol. The van der Waals surface area contributed by atoms with Gasteiger partial charge in [-0.25, -0.2) is 4.98 Å². The molecule has 0 saturated heterocycles. The van der Waals surface area contributed by atoms with Gasteiger partial charge < -0.3 is 10.3 Å². The van der Waals surface area contributed by atoms with Crippen molar-refractivity contribution in [3.05, 3.63) is 33.7 Å². The first-order chi connectivity index (χ1) is 7.70. The van der Waals surface area contributed by atoms with Crippen molar-refractivity contribution in [3.8, 4) is 0 Å². The Balaban J connectivity index is 2.15. The first-order valence-electron chi connectivity index (χ1n) is 4.80. The molecule has 2 N–H and O–H groups in total. The quantitative estimate of drug-likeness (QED) is 0.871. The van der Waals surface area contributed by atoms with Crippen LogP contribution in [0.25, 0.3) is 0 Å². The van der Waals surface area contributed by atoms with Crippen LogP contribution in [0, 0.1) is 0 Å². The minimum Gasteiger partial charge on any atom is -0.329 e. The Morgan fingerprint density at radius 2 is 2.44 bits per heavy atom. The zero-order valence-corrected chi connectivity index (χ0v) is 11.1. The fraction of sp³-hybridized carbons (Fsp3) is 0.300. The van der Waals surface area contributed by atoms with Crippen LogP contribution in [-0.4, -0.2) is 16.1 Å². The van der Waals surface area contributed by atoms with Gasteiger partial charge in [-0.1, -0.05) is 23.4 Å². The van der Waals surface area contributed by atoms with Crippen LogP contribution in [-0.2, 0) is 7.05 Å². The van der Waals surface area contributed by atoms with Crippen LogP contribution in [0.3, 0.4) is 0 Å². The van der Waals surface area contributed by atoms with Crippen LogP contribution in [0.4, 0.5) is 0 Å². The summed E-state index contributed by atoms with van der Waals surface area (Å²) in [5, 5.41) is 1.19. The highest BCUT2D eigenvalue weighted by Gasteiger charge is 2.15. The van der Waals surface area contributed by atoms with Crippen molar-refractivity contribution in [2.24, 2.45) is 12.8 Å². The van der Waals surface area contributed by atoms with Gasteiger partial charge in [0.15, 0.2) is 5.16 Å². The Hall–Kier alpha value is -0.490. The number of aryl methyl sites for hydroxylation is 1. The zero-order valence-electron chi connectivity index (χ0n) is 8.76. The molecule has 0 amide bonds. The molecule has 1 unspecified atom stereocenters. The maximum Gasteiger partial charge on any atom is 0.168 e. The first kappa shape index (κ1) is 12.0. The van der Waals surface area contributed by atoms with E-state index in [1.165, 1.54) is 4.88 Å². The Bertz CT molecular complexity index is 466. The van der Waals surface area contributed by atoms with Crippen molar-refractivity contribution < 1.29 is 0 Å². The zero-order chi connectivity index (χ0) is 11.5. The minimum absolute atomic E-state index is 0.221. The van der Waals surface area contributed by atoms with Gasteiger partial charge in [0.1, 0.15) is 0 Å². The van der Waals surface area contributed by atoms with Crippen LogP contribution in [0.15, 0.2) is 29.7 Å². The van der Waals surface area contributed by atoms with E-state index in [9.17, 15) is 0 Å². The Morgan fingerprint density at radius 3 is 2.94 bits per heavy atom. The Kier molecular flexibility index (Phi) is 3.91. The molecule has 2 aromatic rings. The lowest BCUT2D eigenvalue weighted by Gasteiger charge is -2.11. The SMILES string of the molecule is Cn1ccnc1SC(CN)c1ccc(Cl)s1. The molecule has 0 bridgehead atoms. The average Bonchev–Trinajstić information content (AvgIpc) is 2.85. The van der Waals surface area contributed by atoms with Crippen molar-refractivity contribution in [1.29, 1.82) is 0 Å². The van der Waals surface area contributed by atoms with E-state index in [0.717, 1.165) is 9.49 Å². The number of halogens is 1. The minimum atomic E-state index is 0.221. The largest absolute Gasteiger partial charge is 0.329 e. The summed E-state index contributed by atoms with van der Waals surface area (Å²) in [7, 11) is 1.98. The third-order valence-electron chi connectivity index (χ3n) is 2.15. The molecule has 2 rings (SSSR count). The highest BCUT2D eigenvalue weighted by atomic mass is 35.5. The van der Waals surface area contributed by atoms with E-state index >= 15 is 0 Å². The summed E-state index contributed by atoms with van der Waals surface area (Å²) in [5.41, 5.74) is 5.79. The van der Waals surface area contributed by atoms with Crippen LogP contribution >= 0.6 is 34.7 Å². The normalized spacial score (nSPS) is 12.9. The summed E-state index contributed by atoms with van der Waals surface area (Å²) in [6.07, 6.45) is 3.72. The van der Waals surface area contributed by atoms with E-state index < -0.39 is 0 Å². The van der Waals surface area contributed by atoms with Crippen molar-refractivity contribution in [3.63, 3.8) is 0 Å².